The van der Waals surface area contributed by atoms with Gasteiger partial charge in [-0.3, -0.25) is 9.36 Å². The first kappa shape index (κ1) is 30.4. The summed E-state index contributed by atoms with van der Waals surface area (Å²) in [6, 6.07) is 27.8. The molecule has 0 saturated carbocycles. The van der Waals surface area contributed by atoms with Crippen LogP contribution in [0, 0.1) is 0 Å². The number of benzene rings is 3. The Labute approximate surface area is 252 Å². The molecule has 43 heavy (non-hydrogen) atoms. The standard InChI is InChI=1S/C35H41N3O5/c1-4-42-33(40)35(2,3)38-32(39)29-18-11-12-19-30(29)37(34(38)41)23-13-22-36-24-20-28(21-25-36)43-31(26-14-7-5-8-15-26)27-16-9-6-10-17-27/h5-12,14-19,28,31H,4,13,20-25H2,1-3H3. The number of fused-ring (bicyclic) bond motifs is 1. The molecule has 0 unspecified atom stereocenters. The average molecular weight is 584 g/mol. The van der Waals surface area contributed by atoms with E-state index < -0.39 is 22.8 Å². The lowest BCUT2D eigenvalue weighted by atomic mass is 10.00. The molecule has 1 fully saturated rings. The summed E-state index contributed by atoms with van der Waals surface area (Å²) < 4.78 is 14.6. The molecule has 1 aliphatic heterocycles. The molecule has 1 aromatic heterocycles. The predicted octanol–water partition coefficient (Wildman–Crippen LogP) is 5.12. The zero-order chi connectivity index (χ0) is 30.4. The van der Waals surface area contributed by atoms with Crippen LogP contribution in [-0.2, 0) is 26.4 Å². The van der Waals surface area contributed by atoms with Crippen molar-refractivity contribution in [1.82, 2.24) is 14.0 Å². The van der Waals surface area contributed by atoms with E-state index in [1.54, 1.807) is 43.5 Å². The van der Waals surface area contributed by atoms with Gasteiger partial charge in [0.2, 0.25) is 0 Å². The highest BCUT2D eigenvalue weighted by atomic mass is 16.5. The summed E-state index contributed by atoms with van der Waals surface area (Å²) in [6.07, 6.45) is 2.63. The summed E-state index contributed by atoms with van der Waals surface area (Å²) in [5.41, 5.74) is 0.466. The van der Waals surface area contributed by atoms with E-state index in [9.17, 15) is 14.4 Å². The lowest BCUT2D eigenvalue weighted by Crippen LogP contribution is -2.53. The molecule has 0 aliphatic carbocycles. The Morgan fingerprint density at radius 2 is 1.44 bits per heavy atom. The summed E-state index contributed by atoms with van der Waals surface area (Å²) in [7, 11) is 0. The molecule has 0 amide bonds. The SMILES string of the molecule is CCOC(=O)C(C)(C)n1c(=O)c2ccccc2n(CCCN2CCC(OC(c3ccccc3)c3ccccc3)CC2)c1=O. The second-order valence-corrected chi connectivity index (χ2v) is 11.6. The zero-order valence-corrected chi connectivity index (χ0v) is 25.3. The molecule has 1 aliphatic rings. The summed E-state index contributed by atoms with van der Waals surface area (Å²) in [6.45, 7) is 8.04. The second-order valence-electron chi connectivity index (χ2n) is 11.6. The Kier molecular flexibility index (Phi) is 9.58. The van der Waals surface area contributed by atoms with Crippen molar-refractivity contribution in [2.24, 2.45) is 0 Å². The molecule has 226 valence electrons. The number of para-hydroxylation sites is 1. The Balaban J connectivity index is 1.25. The zero-order valence-electron chi connectivity index (χ0n) is 25.3. The Morgan fingerprint density at radius 1 is 0.860 bits per heavy atom. The molecular weight excluding hydrogens is 542 g/mol. The maximum absolute atomic E-state index is 13.7. The quantitative estimate of drug-likeness (QED) is 0.228. The summed E-state index contributed by atoms with van der Waals surface area (Å²) in [5, 5.41) is 0.406. The first-order chi connectivity index (χ1) is 20.8. The molecule has 8 heteroatoms. The molecule has 0 radical (unpaired) electrons. The maximum Gasteiger partial charge on any atom is 0.332 e. The normalized spacial score (nSPS) is 14.8. The highest BCUT2D eigenvalue weighted by molar-refractivity contribution is 5.80. The van der Waals surface area contributed by atoms with Crippen molar-refractivity contribution >= 4 is 16.9 Å². The van der Waals surface area contributed by atoms with Crippen LogP contribution >= 0.6 is 0 Å². The van der Waals surface area contributed by atoms with Gasteiger partial charge in [0.1, 0.15) is 11.6 Å². The van der Waals surface area contributed by atoms with Crippen LogP contribution in [0.3, 0.4) is 0 Å². The average Bonchev–Trinajstić information content (AvgIpc) is 3.03. The van der Waals surface area contributed by atoms with Gasteiger partial charge in [-0.05, 0) is 69.8 Å². The minimum absolute atomic E-state index is 0.103. The fourth-order valence-corrected chi connectivity index (χ4v) is 5.95. The minimum atomic E-state index is -1.44. The van der Waals surface area contributed by atoms with Crippen LogP contribution in [0.1, 0.15) is 57.3 Å². The van der Waals surface area contributed by atoms with Crippen LogP contribution < -0.4 is 11.2 Å². The van der Waals surface area contributed by atoms with Crippen molar-refractivity contribution in [3.63, 3.8) is 0 Å². The fourth-order valence-electron chi connectivity index (χ4n) is 5.95. The molecule has 5 rings (SSSR count). The Morgan fingerprint density at radius 3 is 2.05 bits per heavy atom. The lowest BCUT2D eigenvalue weighted by Gasteiger charge is -2.34. The lowest BCUT2D eigenvalue weighted by molar-refractivity contribution is -0.152. The van der Waals surface area contributed by atoms with Gasteiger partial charge >= 0.3 is 11.7 Å². The third-order valence-corrected chi connectivity index (χ3v) is 8.31. The van der Waals surface area contributed by atoms with E-state index in [2.05, 4.69) is 53.4 Å². The van der Waals surface area contributed by atoms with Crippen molar-refractivity contribution in [3.05, 3.63) is 117 Å². The number of aromatic nitrogens is 2. The highest BCUT2D eigenvalue weighted by Gasteiger charge is 2.35. The summed E-state index contributed by atoms with van der Waals surface area (Å²) in [5.74, 6) is -0.608. The van der Waals surface area contributed by atoms with Crippen LogP contribution in [0.2, 0.25) is 0 Å². The molecular formula is C35H41N3O5. The topological polar surface area (TPSA) is 82.8 Å². The number of ether oxygens (including phenoxy) is 2. The molecule has 0 N–H and O–H groups in total. The number of esters is 1. The van der Waals surface area contributed by atoms with Gasteiger partial charge in [0.05, 0.1) is 23.6 Å². The van der Waals surface area contributed by atoms with Crippen molar-refractivity contribution in [2.75, 3.05) is 26.2 Å². The van der Waals surface area contributed by atoms with Crippen molar-refractivity contribution in [3.8, 4) is 0 Å². The van der Waals surface area contributed by atoms with Crippen molar-refractivity contribution in [1.29, 1.82) is 0 Å². The first-order valence-electron chi connectivity index (χ1n) is 15.2. The van der Waals surface area contributed by atoms with Gasteiger partial charge in [0.25, 0.3) is 5.56 Å². The van der Waals surface area contributed by atoms with E-state index in [0.717, 1.165) is 54.6 Å². The number of likely N-dealkylation sites (tertiary alicyclic amines) is 1. The molecule has 8 nitrogen and oxygen atoms in total. The van der Waals surface area contributed by atoms with E-state index in [4.69, 9.17) is 9.47 Å². The molecule has 2 heterocycles. The molecule has 4 aromatic rings. The third-order valence-electron chi connectivity index (χ3n) is 8.31. The van der Waals surface area contributed by atoms with Crippen LogP contribution in [0.4, 0.5) is 0 Å². The van der Waals surface area contributed by atoms with E-state index in [1.807, 2.05) is 18.2 Å². The number of aryl methyl sites for hydroxylation is 1. The van der Waals surface area contributed by atoms with Gasteiger partial charge in [0, 0.05) is 19.6 Å². The van der Waals surface area contributed by atoms with E-state index in [1.165, 1.54) is 0 Å². The van der Waals surface area contributed by atoms with Gasteiger partial charge < -0.3 is 14.4 Å². The summed E-state index contributed by atoms with van der Waals surface area (Å²) in [4.78, 5) is 42.3. The van der Waals surface area contributed by atoms with Crippen LogP contribution in [0.5, 0.6) is 0 Å². The van der Waals surface area contributed by atoms with Gasteiger partial charge in [-0.2, -0.15) is 0 Å². The number of hydrogen-bond acceptors (Lipinski definition) is 6. The van der Waals surface area contributed by atoms with E-state index in [-0.39, 0.29) is 18.8 Å². The fraction of sp³-hybridized carbons (Fsp3) is 0.400. The molecule has 3 aromatic carbocycles. The van der Waals surface area contributed by atoms with Crippen LogP contribution in [0.15, 0.2) is 94.5 Å². The maximum atomic E-state index is 13.7. The molecule has 0 atom stereocenters. The summed E-state index contributed by atoms with van der Waals surface area (Å²) >= 11 is 0. The Hall–Kier alpha value is -4.01. The monoisotopic (exact) mass is 583 g/mol. The number of nitrogens with zero attached hydrogens (tertiary/aromatic N) is 3. The predicted molar refractivity (Wildman–Crippen MR) is 168 cm³/mol. The highest BCUT2D eigenvalue weighted by Crippen LogP contribution is 2.30. The molecule has 0 spiro atoms. The number of carbonyl (C=O) groups is 1. The van der Waals surface area contributed by atoms with Gasteiger partial charge in [-0.1, -0.05) is 72.8 Å². The van der Waals surface area contributed by atoms with Crippen LogP contribution in [-0.4, -0.2) is 52.3 Å². The first-order valence-corrected chi connectivity index (χ1v) is 15.2. The van der Waals surface area contributed by atoms with Crippen molar-refractivity contribution < 1.29 is 14.3 Å². The molecule has 1 saturated heterocycles. The largest absolute Gasteiger partial charge is 0.464 e. The van der Waals surface area contributed by atoms with Gasteiger partial charge in [-0.15, -0.1) is 0 Å². The number of piperidine rings is 1. The van der Waals surface area contributed by atoms with E-state index >= 15 is 0 Å². The minimum Gasteiger partial charge on any atom is -0.464 e. The van der Waals surface area contributed by atoms with E-state index in [0.29, 0.717) is 17.4 Å². The Bertz CT molecular complexity index is 1600. The number of hydrogen-bond donors (Lipinski definition) is 0. The number of carbonyl (C=O) groups excluding carboxylic acids is 1. The smallest absolute Gasteiger partial charge is 0.332 e. The molecule has 0 bridgehead atoms. The third kappa shape index (κ3) is 6.65. The second kappa shape index (κ2) is 13.5. The van der Waals surface area contributed by atoms with Crippen LogP contribution in [0.25, 0.3) is 10.9 Å². The van der Waals surface area contributed by atoms with Gasteiger partial charge in [0.15, 0.2) is 0 Å². The van der Waals surface area contributed by atoms with Gasteiger partial charge in [-0.25, -0.2) is 14.2 Å². The van der Waals surface area contributed by atoms with Crippen molar-refractivity contribution in [2.45, 2.75) is 64.3 Å². The number of rotatable bonds is 11.